The lowest BCUT2D eigenvalue weighted by molar-refractivity contribution is 0.115. The molecule has 0 heterocycles. The molecule has 0 aliphatic heterocycles. The first-order valence-corrected chi connectivity index (χ1v) is 9.38. The van der Waals surface area contributed by atoms with Gasteiger partial charge >= 0.3 is 0 Å². The standard InChI is InChI=1S/C22H30N2O3/c1-3-14-27-24-17(2)19-8-10-21(11-9-19)20-6-4-18(5-7-20)12-13-22(23,15-25)16-26/h4-11,25-26H,3,12-16,23H2,1-2H3. The van der Waals surface area contributed by atoms with Gasteiger partial charge in [0.1, 0.15) is 6.61 Å². The summed E-state index contributed by atoms with van der Waals surface area (Å²) in [5.41, 5.74) is 10.3. The van der Waals surface area contributed by atoms with Crippen molar-refractivity contribution in [3.05, 3.63) is 59.7 Å². The van der Waals surface area contributed by atoms with Gasteiger partial charge in [-0.3, -0.25) is 0 Å². The molecule has 0 aliphatic rings. The molecule has 2 rings (SSSR count). The highest BCUT2D eigenvalue weighted by molar-refractivity contribution is 5.98. The van der Waals surface area contributed by atoms with Gasteiger partial charge in [0.05, 0.1) is 24.5 Å². The van der Waals surface area contributed by atoms with E-state index < -0.39 is 5.54 Å². The number of benzene rings is 2. The van der Waals surface area contributed by atoms with E-state index in [-0.39, 0.29) is 13.2 Å². The summed E-state index contributed by atoms with van der Waals surface area (Å²) in [7, 11) is 0. The molecular weight excluding hydrogens is 340 g/mol. The molecule has 0 unspecified atom stereocenters. The quantitative estimate of drug-likeness (QED) is 0.341. The van der Waals surface area contributed by atoms with E-state index in [0.29, 0.717) is 19.4 Å². The molecule has 0 saturated heterocycles. The molecule has 0 amide bonds. The third kappa shape index (κ3) is 6.17. The second-order valence-corrected chi connectivity index (χ2v) is 6.96. The molecule has 0 bridgehead atoms. The first-order chi connectivity index (χ1) is 13.0. The summed E-state index contributed by atoms with van der Waals surface area (Å²) in [5, 5.41) is 22.7. The molecule has 0 aromatic heterocycles. The molecule has 5 nitrogen and oxygen atoms in total. The van der Waals surface area contributed by atoms with E-state index in [4.69, 9.17) is 10.6 Å². The number of hydrogen-bond acceptors (Lipinski definition) is 5. The van der Waals surface area contributed by atoms with E-state index in [1.54, 1.807) is 0 Å². The van der Waals surface area contributed by atoms with Crippen molar-refractivity contribution in [1.29, 1.82) is 0 Å². The smallest absolute Gasteiger partial charge is 0.116 e. The number of hydrogen-bond donors (Lipinski definition) is 3. The van der Waals surface area contributed by atoms with Gasteiger partial charge in [-0.05, 0) is 48.4 Å². The highest BCUT2D eigenvalue weighted by atomic mass is 16.6. The maximum Gasteiger partial charge on any atom is 0.116 e. The first-order valence-electron chi connectivity index (χ1n) is 9.38. The zero-order valence-electron chi connectivity index (χ0n) is 16.2. The van der Waals surface area contributed by atoms with Crippen LogP contribution in [0.2, 0.25) is 0 Å². The molecule has 146 valence electrons. The van der Waals surface area contributed by atoms with Crippen LogP contribution in [0, 0.1) is 0 Å². The second kappa shape index (κ2) is 10.2. The summed E-state index contributed by atoms with van der Waals surface area (Å²) in [5.74, 6) is 0. The van der Waals surface area contributed by atoms with Gasteiger partial charge in [-0.2, -0.15) is 0 Å². The van der Waals surface area contributed by atoms with E-state index in [1.165, 1.54) is 0 Å². The molecule has 27 heavy (non-hydrogen) atoms. The topological polar surface area (TPSA) is 88.1 Å². The van der Waals surface area contributed by atoms with Crippen molar-refractivity contribution in [3.63, 3.8) is 0 Å². The van der Waals surface area contributed by atoms with Gasteiger partial charge in [0.25, 0.3) is 0 Å². The summed E-state index contributed by atoms with van der Waals surface area (Å²) in [6, 6.07) is 16.5. The first kappa shape index (κ1) is 21.1. The van der Waals surface area contributed by atoms with Crippen LogP contribution in [0.4, 0.5) is 0 Å². The van der Waals surface area contributed by atoms with Gasteiger partial charge < -0.3 is 20.8 Å². The molecule has 0 radical (unpaired) electrons. The highest BCUT2D eigenvalue weighted by Crippen LogP contribution is 2.22. The summed E-state index contributed by atoms with van der Waals surface area (Å²) in [6.45, 7) is 4.18. The molecule has 0 fully saturated rings. The van der Waals surface area contributed by atoms with Gasteiger partial charge in [-0.25, -0.2) is 0 Å². The number of aryl methyl sites for hydroxylation is 1. The fourth-order valence-corrected chi connectivity index (χ4v) is 2.66. The third-order valence-corrected chi connectivity index (χ3v) is 4.63. The van der Waals surface area contributed by atoms with E-state index in [2.05, 4.69) is 48.5 Å². The average Bonchev–Trinajstić information content (AvgIpc) is 2.72. The summed E-state index contributed by atoms with van der Waals surface area (Å²) in [6.07, 6.45) is 2.19. The molecular formula is C22H30N2O3. The Balaban J connectivity index is 2.01. The fourth-order valence-electron chi connectivity index (χ4n) is 2.66. The number of nitrogens with zero attached hydrogens (tertiary/aromatic N) is 1. The van der Waals surface area contributed by atoms with Gasteiger partial charge in [0, 0.05) is 0 Å². The minimum absolute atomic E-state index is 0.222. The van der Waals surface area contributed by atoms with Crippen molar-refractivity contribution >= 4 is 5.71 Å². The normalized spacial score (nSPS) is 12.3. The Bertz CT molecular complexity index is 720. The highest BCUT2D eigenvalue weighted by Gasteiger charge is 2.22. The van der Waals surface area contributed by atoms with Crippen LogP contribution in [0.25, 0.3) is 11.1 Å². The average molecular weight is 370 g/mol. The number of aliphatic hydroxyl groups is 2. The molecule has 2 aromatic carbocycles. The fraction of sp³-hybridized carbons (Fsp3) is 0.409. The Morgan fingerprint density at radius 3 is 2.07 bits per heavy atom. The SMILES string of the molecule is CCCON=C(C)c1ccc(-c2ccc(CCC(N)(CO)CO)cc2)cc1. The number of oxime groups is 1. The Morgan fingerprint density at radius 2 is 1.56 bits per heavy atom. The Hall–Kier alpha value is -2.21. The van der Waals surface area contributed by atoms with Crippen LogP contribution in [0.1, 0.15) is 37.8 Å². The Morgan fingerprint density at radius 1 is 1.00 bits per heavy atom. The summed E-state index contributed by atoms with van der Waals surface area (Å²) in [4.78, 5) is 5.24. The lowest BCUT2D eigenvalue weighted by Crippen LogP contribution is -2.47. The Labute approximate surface area is 161 Å². The van der Waals surface area contributed by atoms with Crippen LogP contribution >= 0.6 is 0 Å². The lowest BCUT2D eigenvalue weighted by Gasteiger charge is -2.24. The maximum atomic E-state index is 9.28. The molecule has 5 heteroatoms. The molecule has 0 aliphatic carbocycles. The molecule has 0 saturated carbocycles. The van der Waals surface area contributed by atoms with Crippen LogP contribution in [-0.4, -0.2) is 41.3 Å². The van der Waals surface area contributed by atoms with Crippen LogP contribution < -0.4 is 5.73 Å². The van der Waals surface area contributed by atoms with Gasteiger partial charge in [0.15, 0.2) is 0 Å². The molecule has 0 atom stereocenters. The van der Waals surface area contributed by atoms with Crippen LogP contribution in [0.3, 0.4) is 0 Å². The predicted octanol–water partition coefficient (Wildman–Crippen LogP) is 3.12. The van der Waals surface area contributed by atoms with Crippen LogP contribution in [0.5, 0.6) is 0 Å². The minimum atomic E-state index is -0.922. The third-order valence-electron chi connectivity index (χ3n) is 4.63. The van der Waals surface area contributed by atoms with Crippen molar-refractivity contribution in [2.75, 3.05) is 19.8 Å². The van der Waals surface area contributed by atoms with Gasteiger partial charge in [-0.15, -0.1) is 0 Å². The second-order valence-electron chi connectivity index (χ2n) is 6.96. The van der Waals surface area contributed by atoms with Gasteiger partial charge in [-0.1, -0.05) is 60.6 Å². The van der Waals surface area contributed by atoms with Crippen molar-refractivity contribution in [2.45, 2.75) is 38.6 Å². The maximum absolute atomic E-state index is 9.28. The zero-order valence-corrected chi connectivity index (χ0v) is 16.2. The van der Waals surface area contributed by atoms with Crippen LogP contribution in [0.15, 0.2) is 53.7 Å². The molecule has 0 spiro atoms. The number of aliphatic hydroxyl groups excluding tert-OH is 2. The van der Waals surface area contributed by atoms with E-state index in [1.807, 2.05) is 19.1 Å². The zero-order chi connectivity index (χ0) is 19.7. The summed E-state index contributed by atoms with van der Waals surface area (Å²) < 4.78 is 0. The largest absolute Gasteiger partial charge is 0.396 e. The van der Waals surface area contributed by atoms with Crippen LogP contribution in [-0.2, 0) is 11.3 Å². The van der Waals surface area contributed by atoms with Crippen molar-refractivity contribution in [2.24, 2.45) is 10.9 Å². The monoisotopic (exact) mass is 370 g/mol. The number of nitrogens with two attached hydrogens (primary N) is 1. The summed E-state index contributed by atoms with van der Waals surface area (Å²) >= 11 is 0. The van der Waals surface area contributed by atoms with Crippen molar-refractivity contribution in [1.82, 2.24) is 0 Å². The minimum Gasteiger partial charge on any atom is -0.396 e. The lowest BCUT2D eigenvalue weighted by atomic mass is 9.93. The predicted molar refractivity (Wildman–Crippen MR) is 110 cm³/mol. The van der Waals surface area contributed by atoms with E-state index >= 15 is 0 Å². The molecule has 2 aromatic rings. The van der Waals surface area contributed by atoms with E-state index in [0.717, 1.165) is 34.4 Å². The number of rotatable bonds is 10. The van der Waals surface area contributed by atoms with Gasteiger partial charge in [0.2, 0.25) is 0 Å². The van der Waals surface area contributed by atoms with Crippen molar-refractivity contribution in [3.8, 4) is 11.1 Å². The Kier molecular flexibility index (Phi) is 7.98. The molecule has 4 N–H and O–H groups in total. The van der Waals surface area contributed by atoms with E-state index in [9.17, 15) is 10.2 Å². The van der Waals surface area contributed by atoms with Crippen molar-refractivity contribution < 1.29 is 15.1 Å².